The number of carboxylic acids is 1. The summed E-state index contributed by atoms with van der Waals surface area (Å²) in [5, 5.41) is 16.7. The van der Waals surface area contributed by atoms with E-state index in [9.17, 15) is 9.59 Å². The molecule has 9 heavy (non-hydrogen) atoms. The number of amides is 1. The van der Waals surface area contributed by atoms with Crippen molar-refractivity contribution in [2.75, 3.05) is 0 Å². The third-order valence-corrected chi connectivity index (χ3v) is 0.685. The van der Waals surface area contributed by atoms with Crippen LogP contribution in [0.1, 0.15) is 0 Å². The molecule has 1 aliphatic rings. The zero-order valence-electron chi connectivity index (χ0n) is 4.11. The summed E-state index contributed by atoms with van der Waals surface area (Å²) in [6.45, 7) is 0. The smallest absolute Gasteiger partial charge is 0.362 e. The van der Waals surface area contributed by atoms with Gasteiger partial charge in [0, 0.05) is 0 Å². The highest BCUT2D eigenvalue weighted by atomic mass is 16.4. The van der Waals surface area contributed by atoms with E-state index in [1.165, 1.54) is 0 Å². The number of carboxylic acid groups (broad SMARTS) is 1. The van der Waals surface area contributed by atoms with Crippen molar-refractivity contribution in [3.63, 3.8) is 0 Å². The SMILES string of the molecule is O=C(O)C1=NN=NC1=O. The van der Waals surface area contributed by atoms with Crippen LogP contribution in [-0.4, -0.2) is 22.7 Å². The lowest BCUT2D eigenvalue weighted by molar-refractivity contribution is -0.130. The Kier molecular flexibility index (Phi) is 1.07. The van der Waals surface area contributed by atoms with E-state index in [1.807, 2.05) is 0 Å². The van der Waals surface area contributed by atoms with Crippen molar-refractivity contribution < 1.29 is 14.7 Å². The quantitative estimate of drug-likeness (QED) is 0.510. The molecule has 0 fully saturated rings. The van der Waals surface area contributed by atoms with Crippen LogP contribution in [0.5, 0.6) is 0 Å². The molecule has 6 heteroatoms. The van der Waals surface area contributed by atoms with E-state index >= 15 is 0 Å². The van der Waals surface area contributed by atoms with E-state index in [2.05, 4.69) is 15.4 Å². The minimum atomic E-state index is -1.40. The van der Waals surface area contributed by atoms with Gasteiger partial charge in [-0.2, -0.15) is 0 Å². The van der Waals surface area contributed by atoms with Crippen LogP contribution in [0.4, 0.5) is 0 Å². The number of hydrogen-bond acceptors (Lipinski definition) is 4. The maximum Gasteiger partial charge on any atom is 0.362 e. The Morgan fingerprint density at radius 1 is 1.56 bits per heavy atom. The molecule has 1 N–H and O–H groups in total. The summed E-state index contributed by atoms with van der Waals surface area (Å²) in [7, 11) is 0. The Morgan fingerprint density at radius 3 is 2.44 bits per heavy atom. The molecule has 0 aromatic carbocycles. The molecule has 0 aromatic rings. The Morgan fingerprint density at radius 2 is 2.22 bits per heavy atom. The molecule has 0 bridgehead atoms. The van der Waals surface area contributed by atoms with Crippen LogP contribution in [-0.2, 0) is 9.59 Å². The minimum Gasteiger partial charge on any atom is -0.476 e. The molecule has 0 atom stereocenters. The maximum atomic E-state index is 10.2. The first-order valence-corrected chi connectivity index (χ1v) is 1.98. The van der Waals surface area contributed by atoms with E-state index in [0.29, 0.717) is 0 Å². The van der Waals surface area contributed by atoms with Gasteiger partial charge in [-0.25, -0.2) is 4.79 Å². The topological polar surface area (TPSA) is 91.4 Å². The lowest BCUT2D eigenvalue weighted by atomic mass is 10.4. The molecule has 0 saturated heterocycles. The normalized spacial score (nSPS) is 16.0. The third-order valence-electron chi connectivity index (χ3n) is 0.685. The molecule has 1 amide bonds. The van der Waals surface area contributed by atoms with Crippen molar-refractivity contribution in [1.82, 2.24) is 0 Å². The molecule has 0 aromatic heterocycles. The number of aliphatic carboxylic acids is 1. The molecular weight excluding hydrogens is 126 g/mol. The van der Waals surface area contributed by atoms with Crippen LogP contribution in [0.3, 0.4) is 0 Å². The minimum absolute atomic E-state index is 0.630. The Labute approximate surface area is 48.9 Å². The van der Waals surface area contributed by atoms with Gasteiger partial charge in [-0.3, -0.25) is 4.79 Å². The molecule has 1 heterocycles. The van der Waals surface area contributed by atoms with Crippen molar-refractivity contribution in [1.29, 1.82) is 0 Å². The summed E-state index contributed by atoms with van der Waals surface area (Å²) in [4.78, 5) is 20.2. The first kappa shape index (κ1) is 5.54. The van der Waals surface area contributed by atoms with Gasteiger partial charge in [-0.15, -0.1) is 5.10 Å². The van der Waals surface area contributed by atoms with Gasteiger partial charge in [0.15, 0.2) is 0 Å². The number of nitrogens with zero attached hydrogens (tertiary/aromatic N) is 3. The second-order valence-electron chi connectivity index (χ2n) is 1.25. The number of carbonyl (C=O) groups excluding carboxylic acids is 1. The van der Waals surface area contributed by atoms with Gasteiger partial charge in [0.05, 0.1) is 0 Å². The molecule has 0 unspecified atom stereocenters. The zero-order valence-corrected chi connectivity index (χ0v) is 4.11. The van der Waals surface area contributed by atoms with E-state index in [1.54, 1.807) is 0 Å². The average molecular weight is 127 g/mol. The summed E-state index contributed by atoms with van der Waals surface area (Å²) in [5.41, 5.74) is -0.630. The van der Waals surface area contributed by atoms with Crippen LogP contribution in [0.25, 0.3) is 0 Å². The van der Waals surface area contributed by atoms with E-state index < -0.39 is 17.6 Å². The van der Waals surface area contributed by atoms with Gasteiger partial charge in [0.25, 0.3) is 0 Å². The van der Waals surface area contributed by atoms with Gasteiger partial charge in [0.1, 0.15) is 0 Å². The summed E-state index contributed by atoms with van der Waals surface area (Å²) in [6, 6.07) is 0. The van der Waals surface area contributed by atoms with Gasteiger partial charge in [0.2, 0.25) is 5.71 Å². The second kappa shape index (κ2) is 1.73. The fraction of sp³-hybridized carbons (Fsp3) is 0. The molecule has 0 radical (unpaired) electrons. The van der Waals surface area contributed by atoms with Gasteiger partial charge in [-0.1, -0.05) is 5.11 Å². The average Bonchev–Trinajstić information content (AvgIpc) is 2.13. The fourth-order valence-corrected chi connectivity index (χ4v) is 0.332. The Bertz CT molecular complexity index is 228. The lowest BCUT2D eigenvalue weighted by Gasteiger charge is -1.80. The predicted molar refractivity (Wildman–Crippen MR) is 24.9 cm³/mol. The van der Waals surface area contributed by atoms with Crippen LogP contribution >= 0.6 is 0 Å². The zero-order chi connectivity index (χ0) is 6.85. The lowest BCUT2D eigenvalue weighted by Crippen LogP contribution is -2.18. The summed E-state index contributed by atoms with van der Waals surface area (Å²) >= 11 is 0. The number of hydrogen-bond donors (Lipinski definition) is 1. The Hall–Kier alpha value is -1.59. The predicted octanol–water partition coefficient (Wildman–Crippen LogP) is -0.581. The van der Waals surface area contributed by atoms with Crippen LogP contribution in [0.2, 0.25) is 0 Å². The van der Waals surface area contributed by atoms with Gasteiger partial charge >= 0.3 is 11.9 Å². The van der Waals surface area contributed by atoms with Crippen LogP contribution < -0.4 is 0 Å². The highest BCUT2D eigenvalue weighted by Gasteiger charge is 2.22. The van der Waals surface area contributed by atoms with E-state index in [0.717, 1.165) is 0 Å². The van der Waals surface area contributed by atoms with Crippen molar-refractivity contribution in [3.8, 4) is 0 Å². The number of rotatable bonds is 1. The molecule has 46 valence electrons. The standard InChI is InChI=1S/C3HN3O3/c7-2-1(3(8)9)4-6-5-2/h(H,8,9). The molecule has 0 saturated carbocycles. The summed E-state index contributed by atoms with van der Waals surface area (Å²) in [6.07, 6.45) is 0. The molecule has 0 spiro atoms. The summed E-state index contributed by atoms with van der Waals surface area (Å²) in [5.74, 6) is -2.30. The first-order valence-electron chi connectivity index (χ1n) is 1.98. The molecule has 1 rings (SSSR count). The Balaban J connectivity index is 2.88. The van der Waals surface area contributed by atoms with Crippen molar-refractivity contribution >= 4 is 17.6 Å². The number of carbonyl (C=O) groups is 2. The van der Waals surface area contributed by atoms with Crippen molar-refractivity contribution in [3.05, 3.63) is 0 Å². The van der Waals surface area contributed by atoms with E-state index in [-0.39, 0.29) is 0 Å². The van der Waals surface area contributed by atoms with Crippen molar-refractivity contribution in [2.24, 2.45) is 15.4 Å². The van der Waals surface area contributed by atoms with Crippen LogP contribution in [0.15, 0.2) is 15.4 Å². The highest BCUT2D eigenvalue weighted by Crippen LogP contribution is 1.95. The molecular formula is C3HN3O3. The van der Waals surface area contributed by atoms with Gasteiger partial charge in [-0.05, 0) is 5.22 Å². The van der Waals surface area contributed by atoms with Gasteiger partial charge < -0.3 is 5.11 Å². The van der Waals surface area contributed by atoms with Crippen LogP contribution in [0, 0.1) is 0 Å². The highest BCUT2D eigenvalue weighted by molar-refractivity contribution is 6.64. The van der Waals surface area contributed by atoms with Crippen molar-refractivity contribution in [2.45, 2.75) is 0 Å². The maximum absolute atomic E-state index is 10.2. The summed E-state index contributed by atoms with van der Waals surface area (Å²) < 4.78 is 0. The molecule has 1 aliphatic heterocycles. The monoisotopic (exact) mass is 127 g/mol. The third kappa shape index (κ3) is 0.809. The fourth-order valence-electron chi connectivity index (χ4n) is 0.332. The largest absolute Gasteiger partial charge is 0.476 e. The molecule has 0 aliphatic carbocycles. The second-order valence-corrected chi connectivity index (χ2v) is 1.25. The molecule has 6 nitrogen and oxygen atoms in total. The first-order chi connectivity index (χ1) is 4.22. The van der Waals surface area contributed by atoms with E-state index in [4.69, 9.17) is 5.11 Å².